The molecule has 3 rings (SSSR count). The Labute approximate surface area is 134 Å². The lowest BCUT2D eigenvalue weighted by Gasteiger charge is -2.26. The van der Waals surface area contributed by atoms with Crippen molar-refractivity contribution >= 4 is 15.9 Å². The van der Waals surface area contributed by atoms with Gasteiger partial charge >= 0.3 is 0 Å². The van der Waals surface area contributed by atoms with Crippen LogP contribution in [0.15, 0.2) is 53.0 Å². The second kappa shape index (κ2) is 7.10. The highest BCUT2D eigenvalue weighted by Gasteiger charge is 2.16. The molecule has 2 nitrogen and oxygen atoms in total. The molecule has 2 aromatic carbocycles. The maximum Gasteiger partial charge on any atom is 0.134 e. The van der Waals surface area contributed by atoms with Gasteiger partial charge in [0.05, 0.1) is 4.47 Å². The summed E-state index contributed by atoms with van der Waals surface area (Å²) in [4.78, 5) is 0. The Balaban J connectivity index is 1.60. The number of benzene rings is 2. The molecular formula is C18H20BrNO. The fourth-order valence-corrected chi connectivity index (χ4v) is 2.74. The minimum Gasteiger partial charge on any atom is -0.488 e. The second-order valence-electron chi connectivity index (χ2n) is 5.55. The van der Waals surface area contributed by atoms with Crippen LogP contribution in [0.25, 0.3) is 0 Å². The van der Waals surface area contributed by atoms with Gasteiger partial charge in [0.15, 0.2) is 0 Å². The maximum absolute atomic E-state index is 5.94. The molecule has 0 atom stereocenters. The van der Waals surface area contributed by atoms with Crippen molar-refractivity contribution in [3.05, 3.63) is 64.1 Å². The lowest BCUT2D eigenvalue weighted by atomic mass is 9.93. The average Bonchev–Trinajstić information content (AvgIpc) is 2.47. The van der Waals surface area contributed by atoms with Crippen LogP contribution in [0.5, 0.6) is 5.75 Å². The molecule has 1 saturated carbocycles. The third-order valence-corrected chi connectivity index (χ3v) is 4.59. The normalized spacial score (nSPS) is 14.7. The van der Waals surface area contributed by atoms with Gasteiger partial charge in [0, 0.05) is 12.6 Å². The molecule has 2 aromatic rings. The van der Waals surface area contributed by atoms with Gasteiger partial charge in [-0.1, -0.05) is 42.8 Å². The van der Waals surface area contributed by atoms with Gasteiger partial charge in [0.25, 0.3) is 0 Å². The first-order valence-corrected chi connectivity index (χ1v) is 8.29. The lowest BCUT2D eigenvalue weighted by molar-refractivity contribution is 0.303. The van der Waals surface area contributed by atoms with Crippen LogP contribution < -0.4 is 10.1 Å². The van der Waals surface area contributed by atoms with Gasteiger partial charge in [-0.25, -0.2) is 0 Å². The molecule has 0 amide bonds. The molecule has 0 heterocycles. The standard InChI is InChI=1S/C18H20BrNO/c19-17-10-9-15(12-20-16-7-4-8-16)11-18(17)21-13-14-5-2-1-3-6-14/h1-3,5-6,9-11,16,20H,4,7-8,12-13H2. The summed E-state index contributed by atoms with van der Waals surface area (Å²) >= 11 is 3.56. The fourth-order valence-electron chi connectivity index (χ4n) is 2.38. The summed E-state index contributed by atoms with van der Waals surface area (Å²) in [5.74, 6) is 0.909. The quantitative estimate of drug-likeness (QED) is 0.821. The van der Waals surface area contributed by atoms with E-state index in [0.717, 1.165) is 16.8 Å². The fraction of sp³-hybridized carbons (Fsp3) is 0.333. The summed E-state index contributed by atoms with van der Waals surface area (Å²) in [6.07, 6.45) is 3.99. The van der Waals surface area contributed by atoms with Crippen molar-refractivity contribution < 1.29 is 4.74 Å². The van der Waals surface area contributed by atoms with Crippen molar-refractivity contribution in [2.24, 2.45) is 0 Å². The molecule has 3 heteroatoms. The molecule has 0 aliphatic heterocycles. The van der Waals surface area contributed by atoms with Crippen molar-refractivity contribution in [1.29, 1.82) is 0 Å². The van der Waals surface area contributed by atoms with Gasteiger partial charge in [-0.2, -0.15) is 0 Å². The van der Waals surface area contributed by atoms with Crippen LogP contribution in [-0.4, -0.2) is 6.04 Å². The highest BCUT2D eigenvalue weighted by atomic mass is 79.9. The maximum atomic E-state index is 5.94. The van der Waals surface area contributed by atoms with E-state index in [9.17, 15) is 0 Å². The van der Waals surface area contributed by atoms with Crippen molar-refractivity contribution in [1.82, 2.24) is 5.32 Å². The van der Waals surface area contributed by atoms with E-state index >= 15 is 0 Å². The zero-order chi connectivity index (χ0) is 14.5. The molecule has 0 aromatic heterocycles. The molecule has 0 unspecified atom stereocenters. The molecule has 1 N–H and O–H groups in total. The number of halogens is 1. The topological polar surface area (TPSA) is 21.3 Å². The molecule has 1 aliphatic rings. The van der Waals surface area contributed by atoms with Crippen LogP contribution >= 0.6 is 15.9 Å². The van der Waals surface area contributed by atoms with Crippen molar-refractivity contribution in [3.8, 4) is 5.75 Å². The number of hydrogen-bond donors (Lipinski definition) is 1. The Morgan fingerprint density at radius 1 is 1.05 bits per heavy atom. The molecule has 0 bridgehead atoms. The van der Waals surface area contributed by atoms with E-state index in [1.165, 1.54) is 30.4 Å². The minimum absolute atomic E-state index is 0.596. The zero-order valence-corrected chi connectivity index (χ0v) is 13.6. The summed E-state index contributed by atoms with van der Waals surface area (Å²) in [7, 11) is 0. The molecule has 1 aliphatic carbocycles. The van der Waals surface area contributed by atoms with E-state index in [2.05, 4.69) is 51.6 Å². The summed E-state index contributed by atoms with van der Waals surface area (Å²) in [5, 5.41) is 3.58. The van der Waals surface area contributed by atoms with E-state index in [-0.39, 0.29) is 0 Å². The monoisotopic (exact) mass is 345 g/mol. The molecular weight excluding hydrogens is 326 g/mol. The van der Waals surface area contributed by atoms with E-state index in [4.69, 9.17) is 4.74 Å². The van der Waals surface area contributed by atoms with Crippen LogP contribution in [-0.2, 0) is 13.2 Å². The Morgan fingerprint density at radius 2 is 1.86 bits per heavy atom. The number of hydrogen-bond acceptors (Lipinski definition) is 2. The van der Waals surface area contributed by atoms with Crippen molar-refractivity contribution in [2.75, 3.05) is 0 Å². The first kappa shape index (κ1) is 14.6. The second-order valence-corrected chi connectivity index (χ2v) is 6.40. The molecule has 110 valence electrons. The SMILES string of the molecule is Brc1ccc(CNC2CCC2)cc1OCc1ccccc1. The molecule has 21 heavy (non-hydrogen) atoms. The third kappa shape index (κ3) is 4.08. The first-order chi connectivity index (χ1) is 10.3. The number of ether oxygens (including phenoxy) is 1. The summed E-state index contributed by atoms with van der Waals surface area (Å²) < 4.78 is 6.94. The zero-order valence-electron chi connectivity index (χ0n) is 12.0. The van der Waals surface area contributed by atoms with Crippen LogP contribution in [0.1, 0.15) is 30.4 Å². The molecule has 0 saturated heterocycles. The van der Waals surface area contributed by atoms with E-state index in [1.54, 1.807) is 0 Å². The number of rotatable bonds is 6. The van der Waals surface area contributed by atoms with Crippen LogP contribution in [0, 0.1) is 0 Å². The largest absolute Gasteiger partial charge is 0.488 e. The van der Waals surface area contributed by atoms with Gasteiger partial charge < -0.3 is 10.1 Å². The average molecular weight is 346 g/mol. The van der Waals surface area contributed by atoms with Crippen LogP contribution in [0.4, 0.5) is 0 Å². The lowest BCUT2D eigenvalue weighted by Crippen LogP contribution is -2.34. The van der Waals surface area contributed by atoms with Crippen LogP contribution in [0.3, 0.4) is 0 Å². The third-order valence-electron chi connectivity index (χ3n) is 3.93. The van der Waals surface area contributed by atoms with Crippen molar-refractivity contribution in [3.63, 3.8) is 0 Å². The highest BCUT2D eigenvalue weighted by Crippen LogP contribution is 2.27. The van der Waals surface area contributed by atoms with Gasteiger partial charge in [0.2, 0.25) is 0 Å². The Kier molecular flexibility index (Phi) is 4.94. The summed E-state index contributed by atoms with van der Waals surface area (Å²) in [5.41, 5.74) is 2.45. The molecule has 1 fully saturated rings. The van der Waals surface area contributed by atoms with Gasteiger partial charge in [0.1, 0.15) is 12.4 Å². The predicted octanol–water partition coefficient (Wildman–Crippen LogP) is 4.67. The summed E-state index contributed by atoms with van der Waals surface area (Å²) in [6, 6.07) is 17.3. The Hall–Kier alpha value is -1.32. The Bertz CT molecular complexity index is 581. The minimum atomic E-state index is 0.596. The summed E-state index contributed by atoms with van der Waals surface area (Å²) in [6.45, 7) is 1.51. The van der Waals surface area contributed by atoms with E-state index in [1.807, 2.05) is 18.2 Å². The molecule has 0 spiro atoms. The predicted molar refractivity (Wildman–Crippen MR) is 89.4 cm³/mol. The Morgan fingerprint density at radius 3 is 2.57 bits per heavy atom. The highest BCUT2D eigenvalue weighted by molar-refractivity contribution is 9.10. The van der Waals surface area contributed by atoms with Gasteiger partial charge in [-0.3, -0.25) is 0 Å². The van der Waals surface area contributed by atoms with Gasteiger partial charge in [-0.15, -0.1) is 0 Å². The smallest absolute Gasteiger partial charge is 0.134 e. The first-order valence-electron chi connectivity index (χ1n) is 7.50. The molecule has 0 radical (unpaired) electrons. The number of nitrogens with one attached hydrogen (secondary N) is 1. The van der Waals surface area contributed by atoms with Crippen LogP contribution in [0.2, 0.25) is 0 Å². The van der Waals surface area contributed by atoms with E-state index < -0.39 is 0 Å². The van der Waals surface area contributed by atoms with E-state index in [0.29, 0.717) is 12.6 Å². The van der Waals surface area contributed by atoms with Gasteiger partial charge in [-0.05, 0) is 52.0 Å². The van der Waals surface area contributed by atoms with Crippen molar-refractivity contribution in [2.45, 2.75) is 38.5 Å².